The molecule has 1 aromatic carbocycles. The van der Waals surface area contributed by atoms with Gasteiger partial charge in [0.25, 0.3) is 0 Å². The lowest BCUT2D eigenvalue weighted by Crippen LogP contribution is -2.49. The fraction of sp³-hybridized carbons (Fsp3) is 0.421. The van der Waals surface area contributed by atoms with Crippen molar-refractivity contribution in [1.29, 1.82) is 0 Å². The minimum absolute atomic E-state index is 0.113. The first kappa shape index (κ1) is 17.0. The Morgan fingerprint density at radius 1 is 1.08 bits per heavy atom. The molecule has 0 radical (unpaired) electrons. The predicted molar refractivity (Wildman–Crippen MR) is 103 cm³/mol. The standard InChI is InChI=1S/C19H22N4O2S/c24-17-7-4-8-23(17)19-20-15(14-26-19)13-18(25)22-11-9-21(10-12-22)16-5-2-1-3-6-16/h1-3,5-6,14H,4,7-13H2. The van der Waals surface area contributed by atoms with E-state index >= 15 is 0 Å². The Labute approximate surface area is 157 Å². The van der Waals surface area contributed by atoms with Crippen LogP contribution in [0.1, 0.15) is 18.5 Å². The maximum absolute atomic E-state index is 12.6. The van der Waals surface area contributed by atoms with E-state index in [1.165, 1.54) is 17.0 Å². The van der Waals surface area contributed by atoms with E-state index in [1.54, 1.807) is 4.90 Å². The average molecular weight is 370 g/mol. The second-order valence-electron chi connectivity index (χ2n) is 6.65. The Balaban J connectivity index is 1.32. The van der Waals surface area contributed by atoms with E-state index in [-0.39, 0.29) is 11.8 Å². The van der Waals surface area contributed by atoms with E-state index in [0.29, 0.717) is 12.8 Å². The van der Waals surface area contributed by atoms with Crippen LogP contribution in [0.2, 0.25) is 0 Å². The molecular formula is C19H22N4O2S. The molecule has 4 rings (SSSR count). The average Bonchev–Trinajstić information content (AvgIpc) is 3.31. The van der Waals surface area contributed by atoms with E-state index in [4.69, 9.17) is 0 Å². The van der Waals surface area contributed by atoms with Gasteiger partial charge in [-0.05, 0) is 18.6 Å². The Kier molecular flexibility index (Phi) is 4.88. The molecule has 2 saturated heterocycles. The summed E-state index contributed by atoms with van der Waals surface area (Å²) in [6, 6.07) is 10.3. The second-order valence-corrected chi connectivity index (χ2v) is 7.49. The lowest BCUT2D eigenvalue weighted by atomic mass is 10.2. The monoisotopic (exact) mass is 370 g/mol. The van der Waals surface area contributed by atoms with Gasteiger partial charge in [0.15, 0.2) is 5.13 Å². The van der Waals surface area contributed by atoms with Crippen LogP contribution in [0.4, 0.5) is 10.8 Å². The number of anilines is 2. The fourth-order valence-electron chi connectivity index (χ4n) is 3.47. The molecule has 0 saturated carbocycles. The van der Waals surface area contributed by atoms with Crippen LogP contribution in [0.5, 0.6) is 0 Å². The minimum Gasteiger partial charge on any atom is -0.368 e. The number of rotatable bonds is 4. The molecule has 26 heavy (non-hydrogen) atoms. The van der Waals surface area contributed by atoms with Crippen molar-refractivity contribution in [2.45, 2.75) is 19.3 Å². The predicted octanol–water partition coefficient (Wildman–Crippen LogP) is 2.16. The highest BCUT2D eigenvalue weighted by molar-refractivity contribution is 7.14. The fourth-order valence-corrected chi connectivity index (χ4v) is 4.34. The summed E-state index contributed by atoms with van der Waals surface area (Å²) in [5.74, 6) is 0.247. The zero-order valence-corrected chi connectivity index (χ0v) is 15.5. The topological polar surface area (TPSA) is 56.8 Å². The van der Waals surface area contributed by atoms with Gasteiger partial charge in [0, 0.05) is 50.2 Å². The number of nitrogens with zero attached hydrogens (tertiary/aromatic N) is 4. The number of benzene rings is 1. The minimum atomic E-state index is 0.113. The third-order valence-corrected chi connectivity index (χ3v) is 5.84. The summed E-state index contributed by atoms with van der Waals surface area (Å²) in [5, 5.41) is 2.63. The molecule has 0 N–H and O–H groups in total. The number of piperazine rings is 1. The van der Waals surface area contributed by atoms with Crippen molar-refractivity contribution < 1.29 is 9.59 Å². The molecule has 1 aromatic heterocycles. The van der Waals surface area contributed by atoms with Gasteiger partial charge >= 0.3 is 0 Å². The molecule has 7 heteroatoms. The van der Waals surface area contributed by atoms with Crippen LogP contribution < -0.4 is 9.80 Å². The summed E-state index contributed by atoms with van der Waals surface area (Å²) in [7, 11) is 0. The molecule has 0 unspecified atom stereocenters. The van der Waals surface area contributed by atoms with Gasteiger partial charge in [-0.2, -0.15) is 0 Å². The van der Waals surface area contributed by atoms with Crippen LogP contribution in [-0.4, -0.2) is 54.4 Å². The van der Waals surface area contributed by atoms with Crippen molar-refractivity contribution in [3.8, 4) is 0 Å². The van der Waals surface area contributed by atoms with Crippen molar-refractivity contribution in [3.63, 3.8) is 0 Å². The van der Waals surface area contributed by atoms with Crippen LogP contribution in [0.15, 0.2) is 35.7 Å². The Hall–Kier alpha value is -2.41. The van der Waals surface area contributed by atoms with Gasteiger partial charge in [-0.15, -0.1) is 11.3 Å². The molecule has 6 nitrogen and oxygen atoms in total. The van der Waals surface area contributed by atoms with Gasteiger partial charge in [-0.25, -0.2) is 4.98 Å². The smallest absolute Gasteiger partial charge is 0.228 e. The van der Waals surface area contributed by atoms with Crippen LogP contribution in [-0.2, 0) is 16.0 Å². The van der Waals surface area contributed by atoms with E-state index in [0.717, 1.165) is 50.0 Å². The Bertz CT molecular complexity index is 784. The SMILES string of the molecule is O=C(Cc1csc(N2CCCC2=O)n1)N1CCN(c2ccccc2)CC1. The summed E-state index contributed by atoms with van der Waals surface area (Å²) in [4.78, 5) is 34.9. The molecular weight excluding hydrogens is 348 g/mol. The lowest BCUT2D eigenvalue weighted by molar-refractivity contribution is -0.130. The molecule has 2 aliphatic rings. The summed E-state index contributed by atoms with van der Waals surface area (Å²) in [6.45, 7) is 3.90. The Morgan fingerprint density at radius 3 is 2.54 bits per heavy atom. The molecule has 136 valence electrons. The van der Waals surface area contributed by atoms with E-state index < -0.39 is 0 Å². The number of hydrogen-bond acceptors (Lipinski definition) is 5. The normalized spacial score (nSPS) is 17.8. The summed E-state index contributed by atoms with van der Waals surface area (Å²) in [6.07, 6.45) is 1.79. The van der Waals surface area contributed by atoms with Gasteiger partial charge < -0.3 is 9.80 Å². The zero-order valence-electron chi connectivity index (χ0n) is 14.6. The molecule has 0 bridgehead atoms. The highest BCUT2D eigenvalue weighted by Gasteiger charge is 2.26. The molecule has 2 aromatic rings. The summed E-state index contributed by atoms with van der Waals surface area (Å²) >= 11 is 1.45. The zero-order chi connectivity index (χ0) is 17.9. The maximum atomic E-state index is 12.6. The van der Waals surface area contributed by atoms with Gasteiger partial charge in [-0.1, -0.05) is 18.2 Å². The maximum Gasteiger partial charge on any atom is 0.228 e. The number of amides is 2. The largest absolute Gasteiger partial charge is 0.368 e. The van der Waals surface area contributed by atoms with Gasteiger partial charge in [0.05, 0.1) is 12.1 Å². The second kappa shape index (κ2) is 7.45. The highest BCUT2D eigenvalue weighted by atomic mass is 32.1. The van der Waals surface area contributed by atoms with Crippen LogP contribution in [0, 0.1) is 0 Å². The van der Waals surface area contributed by atoms with E-state index in [9.17, 15) is 9.59 Å². The Morgan fingerprint density at radius 2 is 1.85 bits per heavy atom. The molecule has 0 atom stereocenters. The first-order chi connectivity index (χ1) is 12.7. The van der Waals surface area contributed by atoms with Gasteiger partial charge in [0.1, 0.15) is 0 Å². The van der Waals surface area contributed by atoms with Crippen LogP contribution in [0.3, 0.4) is 0 Å². The first-order valence-corrected chi connectivity index (χ1v) is 9.91. The number of thiazole rings is 1. The molecule has 0 spiro atoms. The highest BCUT2D eigenvalue weighted by Crippen LogP contribution is 2.25. The number of carbonyl (C=O) groups excluding carboxylic acids is 2. The lowest BCUT2D eigenvalue weighted by Gasteiger charge is -2.36. The number of aromatic nitrogens is 1. The first-order valence-electron chi connectivity index (χ1n) is 9.03. The quantitative estimate of drug-likeness (QED) is 0.828. The van der Waals surface area contributed by atoms with Gasteiger partial charge in [-0.3, -0.25) is 14.5 Å². The molecule has 2 fully saturated rings. The summed E-state index contributed by atoms with van der Waals surface area (Å²) in [5.41, 5.74) is 1.97. The van der Waals surface area contributed by atoms with Crippen molar-refractivity contribution in [2.24, 2.45) is 0 Å². The third-order valence-electron chi connectivity index (χ3n) is 4.93. The molecule has 2 aliphatic heterocycles. The summed E-state index contributed by atoms with van der Waals surface area (Å²) < 4.78 is 0. The molecule has 2 amide bonds. The van der Waals surface area contributed by atoms with Crippen molar-refractivity contribution in [3.05, 3.63) is 41.4 Å². The van der Waals surface area contributed by atoms with E-state index in [1.807, 2.05) is 28.5 Å². The molecule has 3 heterocycles. The molecule has 0 aliphatic carbocycles. The van der Waals surface area contributed by atoms with E-state index in [2.05, 4.69) is 22.0 Å². The van der Waals surface area contributed by atoms with Crippen LogP contribution >= 0.6 is 11.3 Å². The number of para-hydroxylation sites is 1. The van der Waals surface area contributed by atoms with Crippen molar-refractivity contribution in [2.75, 3.05) is 42.5 Å². The number of carbonyl (C=O) groups is 2. The van der Waals surface area contributed by atoms with Gasteiger partial charge in [0.2, 0.25) is 11.8 Å². The van der Waals surface area contributed by atoms with Crippen LogP contribution in [0.25, 0.3) is 0 Å². The van der Waals surface area contributed by atoms with Crippen molar-refractivity contribution in [1.82, 2.24) is 9.88 Å². The number of hydrogen-bond donors (Lipinski definition) is 0. The van der Waals surface area contributed by atoms with Crippen molar-refractivity contribution >= 4 is 34.0 Å². The third kappa shape index (κ3) is 3.58.